The highest BCUT2D eigenvalue weighted by molar-refractivity contribution is 5.90. The standard InChI is InChI=1S/C14H16O4/c15-7-9-17-13-6-5-11-3-1-2-4-12(11)14(13)18-10-8-16/h1-6,15-16H,7-10H2. The predicted molar refractivity (Wildman–Crippen MR) is 69.1 cm³/mol. The van der Waals surface area contributed by atoms with Gasteiger partial charge in [-0.3, -0.25) is 0 Å². The molecule has 4 heteroatoms. The Balaban J connectivity index is 2.41. The Morgan fingerprint density at radius 2 is 1.56 bits per heavy atom. The molecule has 0 radical (unpaired) electrons. The Labute approximate surface area is 105 Å². The first-order chi connectivity index (χ1) is 8.86. The van der Waals surface area contributed by atoms with Gasteiger partial charge < -0.3 is 19.7 Å². The van der Waals surface area contributed by atoms with E-state index < -0.39 is 0 Å². The monoisotopic (exact) mass is 248 g/mol. The highest BCUT2D eigenvalue weighted by Crippen LogP contribution is 2.35. The summed E-state index contributed by atoms with van der Waals surface area (Å²) in [4.78, 5) is 0. The van der Waals surface area contributed by atoms with Gasteiger partial charge in [0, 0.05) is 5.39 Å². The van der Waals surface area contributed by atoms with Crippen molar-refractivity contribution in [2.45, 2.75) is 0 Å². The van der Waals surface area contributed by atoms with E-state index in [1.54, 1.807) is 0 Å². The molecule has 0 unspecified atom stereocenters. The molecule has 2 N–H and O–H groups in total. The van der Waals surface area contributed by atoms with Crippen LogP contribution < -0.4 is 9.47 Å². The van der Waals surface area contributed by atoms with Gasteiger partial charge in [-0.25, -0.2) is 0 Å². The summed E-state index contributed by atoms with van der Waals surface area (Å²) in [6.07, 6.45) is 0. The molecular weight excluding hydrogens is 232 g/mol. The van der Waals surface area contributed by atoms with Crippen molar-refractivity contribution in [1.29, 1.82) is 0 Å². The quantitative estimate of drug-likeness (QED) is 0.815. The molecule has 2 aromatic rings. The first-order valence-corrected chi connectivity index (χ1v) is 5.86. The predicted octanol–water partition coefficient (Wildman–Crippen LogP) is 1.58. The van der Waals surface area contributed by atoms with Crippen LogP contribution in [0, 0.1) is 0 Å². The van der Waals surface area contributed by atoms with Gasteiger partial charge in [0.25, 0.3) is 0 Å². The lowest BCUT2D eigenvalue weighted by Crippen LogP contribution is -2.06. The summed E-state index contributed by atoms with van der Waals surface area (Å²) >= 11 is 0. The molecule has 0 aliphatic heterocycles. The van der Waals surface area contributed by atoms with Crippen LogP contribution in [-0.4, -0.2) is 36.6 Å². The second kappa shape index (κ2) is 6.23. The van der Waals surface area contributed by atoms with Gasteiger partial charge in [0.05, 0.1) is 13.2 Å². The van der Waals surface area contributed by atoms with Crippen LogP contribution in [0.4, 0.5) is 0 Å². The number of hydrogen-bond donors (Lipinski definition) is 2. The minimum absolute atomic E-state index is 0.0493. The molecule has 2 aromatic carbocycles. The highest BCUT2D eigenvalue weighted by Gasteiger charge is 2.09. The Morgan fingerprint density at radius 1 is 0.833 bits per heavy atom. The van der Waals surface area contributed by atoms with Gasteiger partial charge in [-0.15, -0.1) is 0 Å². The van der Waals surface area contributed by atoms with E-state index >= 15 is 0 Å². The van der Waals surface area contributed by atoms with Gasteiger partial charge in [-0.05, 0) is 11.5 Å². The number of aliphatic hydroxyl groups excluding tert-OH is 2. The average Bonchev–Trinajstić information content (AvgIpc) is 2.43. The van der Waals surface area contributed by atoms with E-state index in [-0.39, 0.29) is 26.4 Å². The Kier molecular flexibility index (Phi) is 4.39. The Morgan fingerprint density at radius 3 is 2.33 bits per heavy atom. The number of fused-ring (bicyclic) bond motifs is 1. The lowest BCUT2D eigenvalue weighted by atomic mass is 10.1. The lowest BCUT2D eigenvalue weighted by molar-refractivity contribution is 0.179. The minimum atomic E-state index is -0.0529. The lowest BCUT2D eigenvalue weighted by Gasteiger charge is -2.14. The Hall–Kier alpha value is -1.78. The zero-order valence-electron chi connectivity index (χ0n) is 10.0. The highest BCUT2D eigenvalue weighted by atomic mass is 16.5. The molecule has 0 spiro atoms. The normalized spacial score (nSPS) is 10.6. The summed E-state index contributed by atoms with van der Waals surface area (Å²) in [5, 5.41) is 19.6. The van der Waals surface area contributed by atoms with Crippen LogP contribution in [0.5, 0.6) is 11.5 Å². The molecule has 96 valence electrons. The Bertz CT molecular complexity index is 510. The van der Waals surface area contributed by atoms with E-state index in [9.17, 15) is 0 Å². The van der Waals surface area contributed by atoms with Crippen molar-refractivity contribution in [2.75, 3.05) is 26.4 Å². The molecule has 0 atom stereocenters. The van der Waals surface area contributed by atoms with Gasteiger partial charge in [0.1, 0.15) is 13.2 Å². The molecule has 0 saturated carbocycles. The maximum Gasteiger partial charge on any atom is 0.169 e. The summed E-state index contributed by atoms with van der Waals surface area (Å²) in [5.41, 5.74) is 0. The summed E-state index contributed by atoms with van der Waals surface area (Å²) in [7, 11) is 0. The molecule has 0 bridgehead atoms. The maximum absolute atomic E-state index is 8.86. The smallest absolute Gasteiger partial charge is 0.169 e. The summed E-state index contributed by atoms with van der Waals surface area (Å²) in [6.45, 7) is 0.326. The van der Waals surface area contributed by atoms with Crippen molar-refractivity contribution < 1.29 is 19.7 Å². The van der Waals surface area contributed by atoms with Crippen LogP contribution in [0.2, 0.25) is 0 Å². The molecule has 0 saturated heterocycles. The fraction of sp³-hybridized carbons (Fsp3) is 0.286. The van der Waals surface area contributed by atoms with Gasteiger partial charge in [0.15, 0.2) is 11.5 Å². The van der Waals surface area contributed by atoms with Gasteiger partial charge in [-0.2, -0.15) is 0 Å². The van der Waals surface area contributed by atoms with Crippen LogP contribution in [0.25, 0.3) is 10.8 Å². The maximum atomic E-state index is 8.86. The van der Waals surface area contributed by atoms with Gasteiger partial charge >= 0.3 is 0 Å². The SMILES string of the molecule is OCCOc1ccc2ccccc2c1OCCO. The largest absolute Gasteiger partial charge is 0.487 e. The first kappa shape index (κ1) is 12.7. The van der Waals surface area contributed by atoms with E-state index in [1.165, 1.54) is 0 Å². The number of rotatable bonds is 6. The second-order valence-electron chi connectivity index (χ2n) is 3.76. The van der Waals surface area contributed by atoms with E-state index in [0.29, 0.717) is 11.5 Å². The number of aliphatic hydroxyl groups is 2. The van der Waals surface area contributed by atoms with E-state index in [2.05, 4.69) is 0 Å². The molecule has 0 fully saturated rings. The van der Waals surface area contributed by atoms with Crippen LogP contribution >= 0.6 is 0 Å². The summed E-state index contributed by atoms with van der Waals surface area (Å²) < 4.78 is 11.0. The molecule has 0 aliphatic carbocycles. The zero-order chi connectivity index (χ0) is 12.8. The molecule has 0 amide bonds. The molecule has 0 aliphatic rings. The zero-order valence-corrected chi connectivity index (χ0v) is 10.0. The average molecular weight is 248 g/mol. The van der Waals surface area contributed by atoms with Gasteiger partial charge in [-0.1, -0.05) is 30.3 Å². The van der Waals surface area contributed by atoms with Gasteiger partial charge in [0.2, 0.25) is 0 Å². The van der Waals surface area contributed by atoms with E-state index in [1.807, 2.05) is 36.4 Å². The van der Waals surface area contributed by atoms with Crippen molar-refractivity contribution in [1.82, 2.24) is 0 Å². The summed E-state index contributed by atoms with van der Waals surface area (Å²) in [5.74, 6) is 1.19. The van der Waals surface area contributed by atoms with Crippen LogP contribution in [0.1, 0.15) is 0 Å². The van der Waals surface area contributed by atoms with Crippen molar-refractivity contribution in [3.05, 3.63) is 36.4 Å². The van der Waals surface area contributed by atoms with Crippen LogP contribution in [0.3, 0.4) is 0 Å². The fourth-order valence-corrected chi connectivity index (χ4v) is 1.79. The molecule has 18 heavy (non-hydrogen) atoms. The second-order valence-corrected chi connectivity index (χ2v) is 3.76. The third kappa shape index (κ3) is 2.72. The van der Waals surface area contributed by atoms with Crippen molar-refractivity contribution in [3.63, 3.8) is 0 Å². The molecule has 4 nitrogen and oxygen atoms in total. The van der Waals surface area contributed by atoms with Crippen LogP contribution in [0.15, 0.2) is 36.4 Å². The van der Waals surface area contributed by atoms with E-state index in [4.69, 9.17) is 19.7 Å². The molecule has 0 heterocycles. The van der Waals surface area contributed by atoms with Crippen molar-refractivity contribution in [2.24, 2.45) is 0 Å². The van der Waals surface area contributed by atoms with Crippen molar-refractivity contribution in [3.8, 4) is 11.5 Å². The number of hydrogen-bond acceptors (Lipinski definition) is 4. The van der Waals surface area contributed by atoms with Crippen molar-refractivity contribution >= 4 is 10.8 Å². The molecular formula is C14H16O4. The number of ether oxygens (including phenoxy) is 2. The third-order valence-corrected chi connectivity index (χ3v) is 2.53. The third-order valence-electron chi connectivity index (χ3n) is 2.53. The number of benzene rings is 2. The molecule has 2 rings (SSSR count). The first-order valence-electron chi connectivity index (χ1n) is 5.86. The topological polar surface area (TPSA) is 58.9 Å². The summed E-state index contributed by atoms with van der Waals surface area (Å²) in [6, 6.07) is 11.5. The van der Waals surface area contributed by atoms with E-state index in [0.717, 1.165) is 10.8 Å². The fourth-order valence-electron chi connectivity index (χ4n) is 1.79. The van der Waals surface area contributed by atoms with Crippen LogP contribution in [-0.2, 0) is 0 Å². The molecule has 0 aromatic heterocycles. The minimum Gasteiger partial charge on any atom is -0.487 e.